The number of amides is 1. The minimum absolute atomic E-state index is 0.151. The standard InChI is InChI=1S/C19H22N2O2/c1-23-17-8-6-14(7-9-17)18(15-10-12-20-13-11-15)21-19(22)16-4-2-3-5-16/h6-13,16,18H,2-5H2,1H3,(H,21,22)/t18-/m0/s1. The van der Waals surface area contributed by atoms with E-state index in [1.807, 2.05) is 36.4 Å². The van der Waals surface area contributed by atoms with Crippen LogP contribution in [0.15, 0.2) is 48.8 Å². The van der Waals surface area contributed by atoms with E-state index in [-0.39, 0.29) is 17.9 Å². The second kappa shape index (κ2) is 7.27. The second-order valence-corrected chi connectivity index (χ2v) is 5.98. The van der Waals surface area contributed by atoms with Crippen LogP contribution in [0.2, 0.25) is 0 Å². The number of carbonyl (C=O) groups excluding carboxylic acids is 1. The van der Waals surface area contributed by atoms with Crippen LogP contribution in [0.1, 0.15) is 42.9 Å². The lowest BCUT2D eigenvalue weighted by molar-refractivity contribution is -0.125. The minimum atomic E-state index is -0.156. The summed E-state index contributed by atoms with van der Waals surface area (Å²) >= 11 is 0. The maximum absolute atomic E-state index is 12.6. The van der Waals surface area contributed by atoms with Crippen molar-refractivity contribution in [2.45, 2.75) is 31.7 Å². The third kappa shape index (κ3) is 3.70. The van der Waals surface area contributed by atoms with Crippen LogP contribution in [0, 0.1) is 5.92 Å². The van der Waals surface area contributed by atoms with Gasteiger partial charge < -0.3 is 10.1 Å². The van der Waals surface area contributed by atoms with Gasteiger partial charge in [-0.2, -0.15) is 0 Å². The van der Waals surface area contributed by atoms with Crippen LogP contribution in [0.3, 0.4) is 0 Å². The van der Waals surface area contributed by atoms with Crippen molar-refractivity contribution in [2.24, 2.45) is 5.92 Å². The van der Waals surface area contributed by atoms with Gasteiger partial charge in [-0.25, -0.2) is 0 Å². The fraction of sp³-hybridized carbons (Fsp3) is 0.368. The Labute approximate surface area is 136 Å². The van der Waals surface area contributed by atoms with E-state index >= 15 is 0 Å². The number of hydrogen-bond donors (Lipinski definition) is 1. The van der Waals surface area contributed by atoms with Crippen molar-refractivity contribution in [3.63, 3.8) is 0 Å². The summed E-state index contributed by atoms with van der Waals surface area (Å²) in [6, 6.07) is 11.6. The van der Waals surface area contributed by atoms with Crippen molar-refractivity contribution in [1.29, 1.82) is 0 Å². The molecular formula is C19H22N2O2. The predicted octanol–water partition coefficient (Wildman–Crippen LogP) is 3.49. The highest BCUT2D eigenvalue weighted by Gasteiger charge is 2.25. The van der Waals surface area contributed by atoms with Gasteiger partial charge in [-0.05, 0) is 48.2 Å². The van der Waals surface area contributed by atoms with Crippen LogP contribution < -0.4 is 10.1 Å². The minimum Gasteiger partial charge on any atom is -0.497 e. The van der Waals surface area contributed by atoms with E-state index in [0.29, 0.717) is 0 Å². The summed E-state index contributed by atoms with van der Waals surface area (Å²) in [6.07, 6.45) is 7.82. The fourth-order valence-electron chi connectivity index (χ4n) is 3.16. The lowest BCUT2D eigenvalue weighted by Crippen LogP contribution is -2.33. The molecule has 0 spiro atoms. The number of pyridine rings is 1. The van der Waals surface area contributed by atoms with E-state index < -0.39 is 0 Å². The molecule has 0 radical (unpaired) electrons. The van der Waals surface area contributed by atoms with Crippen LogP contribution in [-0.4, -0.2) is 18.0 Å². The summed E-state index contributed by atoms with van der Waals surface area (Å²) < 4.78 is 5.22. The Morgan fingerprint density at radius 1 is 1.09 bits per heavy atom. The summed E-state index contributed by atoms with van der Waals surface area (Å²) in [7, 11) is 1.65. The van der Waals surface area contributed by atoms with E-state index in [1.54, 1.807) is 19.5 Å². The number of methoxy groups -OCH3 is 1. The molecule has 1 aromatic carbocycles. The zero-order valence-electron chi connectivity index (χ0n) is 13.4. The Hall–Kier alpha value is -2.36. The van der Waals surface area contributed by atoms with Gasteiger partial charge in [0, 0.05) is 18.3 Å². The highest BCUT2D eigenvalue weighted by Crippen LogP contribution is 2.28. The van der Waals surface area contributed by atoms with E-state index in [1.165, 1.54) is 0 Å². The van der Waals surface area contributed by atoms with E-state index in [4.69, 9.17) is 4.74 Å². The first kappa shape index (κ1) is 15.5. The van der Waals surface area contributed by atoms with Gasteiger partial charge in [0.15, 0.2) is 0 Å². The molecule has 1 aromatic heterocycles. The third-order valence-corrected chi connectivity index (χ3v) is 4.50. The van der Waals surface area contributed by atoms with Crippen molar-refractivity contribution < 1.29 is 9.53 Å². The highest BCUT2D eigenvalue weighted by molar-refractivity contribution is 5.79. The van der Waals surface area contributed by atoms with Gasteiger partial charge in [0.05, 0.1) is 13.2 Å². The highest BCUT2D eigenvalue weighted by atomic mass is 16.5. The number of rotatable bonds is 5. The summed E-state index contributed by atoms with van der Waals surface area (Å²) in [6.45, 7) is 0. The maximum atomic E-state index is 12.6. The van der Waals surface area contributed by atoms with E-state index in [9.17, 15) is 4.79 Å². The maximum Gasteiger partial charge on any atom is 0.223 e. The van der Waals surface area contributed by atoms with Crippen LogP contribution in [0.4, 0.5) is 0 Å². The molecule has 1 saturated carbocycles. The molecule has 1 aliphatic carbocycles. The summed E-state index contributed by atoms with van der Waals surface area (Å²) in [4.78, 5) is 16.6. The average molecular weight is 310 g/mol. The molecular weight excluding hydrogens is 288 g/mol. The van der Waals surface area contributed by atoms with Crippen molar-refractivity contribution in [1.82, 2.24) is 10.3 Å². The van der Waals surface area contributed by atoms with Crippen LogP contribution in [0.25, 0.3) is 0 Å². The molecule has 1 fully saturated rings. The van der Waals surface area contributed by atoms with Crippen LogP contribution in [0.5, 0.6) is 5.75 Å². The first-order valence-corrected chi connectivity index (χ1v) is 8.12. The molecule has 0 saturated heterocycles. The number of nitrogens with zero attached hydrogens (tertiary/aromatic N) is 1. The molecule has 0 aliphatic heterocycles. The summed E-state index contributed by atoms with van der Waals surface area (Å²) in [5.74, 6) is 1.11. The number of aromatic nitrogens is 1. The number of ether oxygens (including phenoxy) is 1. The smallest absolute Gasteiger partial charge is 0.223 e. The molecule has 0 bridgehead atoms. The predicted molar refractivity (Wildman–Crippen MR) is 89.2 cm³/mol. The van der Waals surface area contributed by atoms with Gasteiger partial charge in [-0.1, -0.05) is 25.0 Å². The molecule has 2 aromatic rings. The Bertz CT molecular complexity index is 634. The monoisotopic (exact) mass is 310 g/mol. The Kier molecular flexibility index (Phi) is 4.91. The number of nitrogens with one attached hydrogen (secondary N) is 1. The molecule has 120 valence electrons. The number of benzene rings is 1. The van der Waals surface area contributed by atoms with Crippen molar-refractivity contribution in [3.05, 3.63) is 59.9 Å². The van der Waals surface area contributed by atoms with Gasteiger partial charge in [0.2, 0.25) is 5.91 Å². The molecule has 1 N–H and O–H groups in total. The van der Waals surface area contributed by atoms with Gasteiger partial charge in [0.1, 0.15) is 5.75 Å². The molecule has 1 heterocycles. The topological polar surface area (TPSA) is 51.2 Å². The molecule has 1 aliphatic rings. The lowest BCUT2D eigenvalue weighted by atomic mass is 9.98. The molecule has 1 amide bonds. The summed E-state index contributed by atoms with van der Waals surface area (Å²) in [5.41, 5.74) is 2.08. The zero-order chi connectivity index (χ0) is 16.1. The second-order valence-electron chi connectivity index (χ2n) is 5.98. The van der Waals surface area contributed by atoms with Crippen LogP contribution in [-0.2, 0) is 4.79 Å². The van der Waals surface area contributed by atoms with E-state index in [0.717, 1.165) is 42.6 Å². The third-order valence-electron chi connectivity index (χ3n) is 4.50. The quantitative estimate of drug-likeness (QED) is 0.920. The van der Waals surface area contributed by atoms with E-state index in [2.05, 4.69) is 10.3 Å². The van der Waals surface area contributed by atoms with Gasteiger partial charge >= 0.3 is 0 Å². The van der Waals surface area contributed by atoms with Crippen molar-refractivity contribution >= 4 is 5.91 Å². The first-order valence-electron chi connectivity index (χ1n) is 8.12. The Balaban J connectivity index is 1.85. The van der Waals surface area contributed by atoms with Crippen molar-refractivity contribution in [3.8, 4) is 5.75 Å². The molecule has 3 rings (SSSR count). The number of hydrogen-bond acceptors (Lipinski definition) is 3. The largest absolute Gasteiger partial charge is 0.497 e. The lowest BCUT2D eigenvalue weighted by Gasteiger charge is -2.22. The molecule has 0 unspecified atom stereocenters. The Morgan fingerprint density at radius 2 is 1.70 bits per heavy atom. The van der Waals surface area contributed by atoms with Gasteiger partial charge in [-0.3, -0.25) is 9.78 Å². The molecule has 1 atom stereocenters. The van der Waals surface area contributed by atoms with Crippen LogP contribution >= 0.6 is 0 Å². The number of carbonyl (C=O) groups is 1. The zero-order valence-corrected chi connectivity index (χ0v) is 13.4. The first-order chi connectivity index (χ1) is 11.3. The van der Waals surface area contributed by atoms with Gasteiger partial charge in [0.25, 0.3) is 0 Å². The van der Waals surface area contributed by atoms with Crippen molar-refractivity contribution in [2.75, 3.05) is 7.11 Å². The molecule has 23 heavy (non-hydrogen) atoms. The normalized spacial score (nSPS) is 16.0. The SMILES string of the molecule is COc1ccc([C@H](NC(=O)C2CCCC2)c2ccncc2)cc1. The Morgan fingerprint density at radius 3 is 2.30 bits per heavy atom. The van der Waals surface area contributed by atoms with Gasteiger partial charge in [-0.15, -0.1) is 0 Å². The fourth-order valence-corrected chi connectivity index (χ4v) is 3.16. The molecule has 4 nitrogen and oxygen atoms in total. The molecule has 4 heteroatoms. The average Bonchev–Trinajstić information content (AvgIpc) is 3.15. The summed E-state index contributed by atoms with van der Waals surface area (Å²) in [5, 5.41) is 3.22.